The van der Waals surface area contributed by atoms with Crippen LogP contribution in [0.15, 0.2) is 29.8 Å². The standard InChI is InChI=1S/C14H11FN4O2S/c15-11-2-1-10-8-17(4-3-9(10)7-11)12-13(19(20)21)18-5-6-22-14(18)16-12/h1-2,5-7H,3-4,8H2. The van der Waals surface area contributed by atoms with E-state index in [2.05, 4.69) is 4.98 Å². The maximum atomic E-state index is 13.3. The van der Waals surface area contributed by atoms with Gasteiger partial charge in [-0.3, -0.25) is 0 Å². The summed E-state index contributed by atoms with van der Waals surface area (Å²) in [5.74, 6) is 0.120. The molecule has 0 amide bonds. The summed E-state index contributed by atoms with van der Waals surface area (Å²) in [4.78, 5) is 17.9. The summed E-state index contributed by atoms with van der Waals surface area (Å²) in [5, 5.41) is 13.2. The highest BCUT2D eigenvalue weighted by molar-refractivity contribution is 7.15. The van der Waals surface area contributed by atoms with Crippen LogP contribution in [0.1, 0.15) is 11.1 Å². The second kappa shape index (κ2) is 4.77. The van der Waals surface area contributed by atoms with E-state index in [1.165, 1.54) is 27.9 Å². The molecule has 3 aromatic rings. The van der Waals surface area contributed by atoms with E-state index >= 15 is 0 Å². The third kappa shape index (κ3) is 1.95. The van der Waals surface area contributed by atoms with Crippen LogP contribution in [-0.4, -0.2) is 20.9 Å². The van der Waals surface area contributed by atoms with Crippen molar-refractivity contribution in [3.8, 4) is 0 Å². The molecular formula is C14H11FN4O2S. The number of thiazole rings is 1. The molecule has 112 valence electrons. The third-order valence-electron chi connectivity index (χ3n) is 3.87. The Balaban J connectivity index is 1.77. The van der Waals surface area contributed by atoms with Gasteiger partial charge >= 0.3 is 5.82 Å². The predicted molar refractivity (Wildman–Crippen MR) is 80.9 cm³/mol. The lowest BCUT2D eigenvalue weighted by Crippen LogP contribution is -2.31. The van der Waals surface area contributed by atoms with Gasteiger partial charge in [0, 0.05) is 18.5 Å². The maximum absolute atomic E-state index is 13.3. The summed E-state index contributed by atoms with van der Waals surface area (Å²) in [6, 6.07) is 4.69. The predicted octanol–water partition coefficient (Wildman–Crippen LogP) is 3.01. The number of anilines is 1. The van der Waals surface area contributed by atoms with Gasteiger partial charge in [-0.15, -0.1) is 0 Å². The van der Waals surface area contributed by atoms with Crippen LogP contribution in [0.5, 0.6) is 0 Å². The van der Waals surface area contributed by atoms with Crippen LogP contribution in [-0.2, 0) is 13.0 Å². The monoisotopic (exact) mass is 318 g/mol. The zero-order valence-corrected chi connectivity index (χ0v) is 12.2. The zero-order chi connectivity index (χ0) is 15.3. The molecule has 2 aromatic heterocycles. The van der Waals surface area contributed by atoms with Crippen molar-refractivity contribution >= 4 is 27.9 Å². The number of benzene rings is 1. The lowest BCUT2D eigenvalue weighted by Gasteiger charge is -2.28. The Kier molecular flexibility index (Phi) is 2.86. The van der Waals surface area contributed by atoms with E-state index in [-0.39, 0.29) is 11.6 Å². The summed E-state index contributed by atoms with van der Waals surface area (Å²) in [6.45, 7) is 1.09. The van der Waals surface area contributed by atoms with E-state index in [1.54, 1.807) is 17.6 Å². The highest BCUT2D eigenvalue weighted by atomic mass is 32.1. The van der Waals surface area contributed by atoms with Crippen molar-refractivity contribution < 1.29 is 9.31 Å². The minimum absolute atomic E-state index is 0.0122. The number of hydrogen-bond donors (Lipinski definition) is 0. The number of nitro groups is 1. The number of hydrogen-bond acceptors (Lipinski definition) is 5. The van der Waals surface area contributed by atoms with Crippen LogP contribution < -0.4 is 4.90 Å². The molecule has 22 heavy (non-hydrogen) atoms. The molecule has 0 radical (unpaired) electrons. The minimum Gasteiger partial charge on any atom is -0.358 e. The summed E-state index contributed by atoms with van der Waals surface area (Å²) in [6.07, 6.45) is 2.30. The summed E-state index contributed by atoms with van der Waals surface area (Å²) < 4.78 is 14.8. The molecule has 1 aromatic carbocycles. The van der Waals surface area contributed by atoms with Crippen LogP contribution in [0.4, 0.5) is 16.0 Å². The largest absolute Gasteiger partial charge is 0.373 e. The number of fused-ring (bicyclic) bond motifs is 2. The number of aromatic nitrogens is 2. The first-order valence-electron chi connectivity index (χ1n) is 6.75. The highest BCUT2D eigenvalue weighted by Gasteiger charge is 2.30. The first kappa shape index (κ1) is 13.2. The Hall–Kier alpha value is -2.48. The quantitative estimate of drug-likeness (QED) is 0.538. The molecule has 1 aliphatic heterocycles. The molecule has 4 rings (SSSR count). The lowest BCUT2D eigenvalue weighted by atomic mass is 10.00. The van der Waals surface area contributed by atoms with Gasteiger partial charge in [0.15, 0.2) is 0 Å². The summed E-state index contributed by atoms with van der Waals surface area (Å²) >= 11 is 1.36. The van der Waals surface area contributed by atoms with Gasteiger partial charge < -0.3 is 15.0 Å². The van der Waals surface area contributed by atoms with Gasteiger partial charge in [0.05, 0.1) is 0 Å². The van der Waals surface area contributed by atoms with E-state index in [0.29, 0.717) is 30.3 Å². The van der Waals surface area contributed by atoms with Crippen LogP contribution in [0.2, 0.25) is 0 Å². The van der Waals surface area contributed by atoms with Gasteiger partial charge in [-0.25, -0.2) is 4.39 Å². The topological polar surface area (TPSA) is 63.7 Å². The minimum atomic E-state index is -0.401. The average molecular weight is 318 g/mol. The number of imidazole rings is 1. The normalized spacial score (nSPS) is 14.3. The second-order valence-corrected chi connectivity index (χ2v) is 6.03. The third-order valence-corrected chi connectivity index (χ3v) is 4.63. The van der Waals surface area contributed by atoms with Gasteiger partial charge in [-0.2, -0.15) is 9.38 Å². The molecule has 0 fully saturated rings. The molecule has 6 nitrogen and oxygen atoms in total. The average Bonchev–Trinajstić information content (AvgIpc) is 3.06. The Morgan fingerprint density at radius 1 is 1.36 bits per heavy atom. The fourth-order valence-electron chi connectivity index (χ4n) is 2.85. The molecule has 1 aliphatic rings. The van der Waals surface area contributed by atoms with E-state index in [9.17, 15) is 14.5 Å². The molecule has 0 N–H and O–H groups in total. The van der Waals surface area contributed by atoms with Gasteiger partial charge in [0.25, 0.3) is 4.96 Å². The Labute approximate surface area is 128 Å². The molecule has 0 atom stereocenters. The van der Waals surface area contributed by atoms with E-state index in [4.69, 9.17) is 0 Å². The Morgan fingerprint density at radius 2 is 2.23 bits per heavy atom. The molecule has 0 bridgehead atoms. The summed E-state index contributed by atoms with van der Waals surface area (Å²) in [7, 11) is 0. The van der Waals surface area contributed by atoms with Gasteiger partial charge in [0.2, 0.25) is 5.82 Å². The fraction of sp³-hybridized carbons (Fsp3) is 0.214. The van der Waals surface area contributed by atoms with E-state index < -0.39 is 4.92 Å². The molecule has 0 saturated heterocycles. The first-order valence-corrected chi connectivity index (χ1v) is 7.63. The van der Waals surface area contributed by atoms with Crippen molar-refractivity contribution in [2.24, 2.45) is 0 Å². The molecular weight excluding hydrogens is 307 g/mol. The zero-order valence-electron chi connectivity index (χ0n) is 11.4. The molecule has 0 saturated carbocycles. The Morgan fingerprint density at radius 3 is 3.05 bits per heavy atom. The molecule has 8 heteroatoms. The van der Waals surface area contributed by atoms with Crippen molar-refractivity contribution in [3.05, 3.63) is 56.8 Å². The van der Waals surface area contributed by atoms with Crippen LogP contribution in [0.25, 0.3) is 4.96 Å². The highest BCUT2D eigenvalue weighted by Crippen LogP contribution is 2.34. The number of nitrogens with zero attached hydrogens (tertiary/aromatic N) is 4. The van der Waals surface area contributed by atoms with Crippen molar-refractivity contribution in [3.63, 3.8) is 0 Å². The number of rotatable bonds is 2. The molecule has 0 spiro atoms. The summed E-state index contributed by atoms with van der Waals surface area (Å²) in [5.41, 5.74) is 1.94. The van der Waals surface area contributed by atoms with Crippen molar-refractivity contribution in [2.75, 3.05) is 11.4 Å². The van der Waals surface area contributed by atoms with Crippen LogP contribution in [0.3, 0.4) is 0 Å². The molecule has 0 aliphatic carbocycles. The molecule has 3 heterocycles. The van der Waals surface area contributed by atoms with Crippen LogP contribution in [0, 0.1) is 15.9 Å². The maximum Gasteiger partial charge on any atom is 0.373 e. The van der Waals surface area contributed by atoms with E-state index in [1.807, 2.05) is 4.90 Å². The van der Waals surface area contributed by atoms with Gasteiger partial charge in [0.1, 0.15) is 12.0 Å². The van der Waals surface area contributed by atoms with Gasteiger partial charge in [-0.05, 0) is 34.6 Å². The molecule has 0 unspecified atom stereocenters. The van der Waals surface area contributed by atoms with Crippen molar-refractivity contribution in [1.29, 1.82) is 0 Å². The second-order valence-electron chi connectivity index (χ2n) is 5.16. The smallest absolute Gasteiger partial charge is 0.358 e. The first-order chi connectivity index (χ1) is 10.6. The van der Waals surface area contributed by atoms with Gasteiger partial charge in [-0.1, -0.05) is 17.4 Å². The number of halogens is 1. The lowest BCUT2D eigenvalue weighted by molar-refractivity contribution is -0.389. The van der Waals surface area contributed by atoms with E-state index in [0.717, 1.165) is 11.1 Å². The SMILES string of the molecule is O=[N+]([O-])c1c(N2CCc3cc(F)ccc3C2)nc2sccn12. The van der Waals surface area contributed by atoms with Crippen LogP contribution >= 0.6 is 11.3 Å². The Bertz CT molecular complexity index is 888. The van der Waals surface area contributed by atoms with Crippen molar-refractivity contribution in [2.45, 2.75) is 13.0 Å². The fourth-order valence-corrected chi connectivity index (χ4v) is 3.55. The van der Waals surface area contributed by atoms with Crippen molar-refractivity contribution in [1.82, 2.24) is 9.38 Å².